The summed E-state index contributed by atoms with van der Waals surface area (Å²) in [6.07, 6.45) is -0.103. The summed E-state index contributed by atoms with van der Waals surface area (Å²) in [5.41, 5.74) is 0.0795. The molecule has 7 heteroatoms. The van der Waals surface area contributed by atoms with Crippen molar-refractivity contribution in [1.82, 2.24) is 0 Å². The summed E-state index contributed by atoms with van der Waals surface area (Å²) in [5.74, 6) is -0.960. The second-order valence-corrected chi connectivity index (χ2v) is 3.74. The zero-order chi connectivity index (χ0) is 13.7. The molecule has 7 nitrogen and oxygen atoms in total. The third-order valence-electron chi connectivity index (χ3n) is 2.21. The average Bonchev–Trinajstić information content (AvgIpc) is 2.27. The molecular weight excluding hydrogens is 238 g/mol. The molecule has 0 aliphatic rings. The van der Waals surface area contributed by atoms with Crippen LogP contribution < -0.4 is 5.32 Å². The van der Waals surface area contributed by atoms with Gasteiger partial charge >= 0.3 is 5.97 Å². The van der Waals surface area contributed by atoms with Gasteiger partial charge < -0.3 is 10.4 Å². The number of nitriles is 1. The zero-order valence-corrected chi connectivity index (χ0v) is 9.58. The normalized spacial score (nSPS) is 11.3. The third-order valence-corrected chi connectivity index (χ3v) is 2.21. The van der Waals surface area contributed by atoms with Crippen molar-refractivity contribution in [3.63, 3.8) is 0 Å². The van der Waals surface area contributed by atoms with E-state index >= 15 is 0 Å². The summed E-state index contributed by atoms with van der Waals surface area (Å²) in [4.78, 5) is 20.6. The number of nitrogens with one attached hydrogen (secondary N) is 1. The van der Waals surface area contributed by atoms with E-state index in [4.69, 9.17) is 10.4 Å². The minimum Gasteiger partial charge on any atom is -0.481 e. The predicted molar refractivity (Wildman–Crippen MR) is 63.1 cm³/mol. The van der Waals surface area contributed by atoms with Crippen molar-refractivity contribution < 1.29 is 14.8 Å². The topological polar surface area (TPSA) is 116 Å². The van der Waals surface area contributed by atoms with Gasteiger partial charge in [0, 0.05) is 17.8 Å². The highest BCUT2D eigenvalue weighted by atomic mass is 16.6. The van der Waals surface area contributed by atoms with Gasteiger partial charge in [-0.1, -0.05) is 0 Å². The number of hydrogen-bond donors (Lipinski definition) is 2. The Morgan fingerprint density at radius 1 is 1.67 bits per heavy atom. The molecule has 18 heavy (non-hydrogen) atoms. The van der Waals surface area contributed by atoms with Gasteiger partial charge in [0.15, 0.2) is 0 Å². The Kier molecular flexibility index (Phi) is 4.21. The Morgan fingerprint density at radius 3 is 2.83 bits per heavy atom. The molecule has 0 aliphatic heterocycles. The molecule has 2 N–H and O–H groups in total. The number of carboxylic acid groups (broad SMARTS) is 1. The van der Waals surface area contributed by atoms with Crippen molar-refractivity contribution in [2.24, 2.45) is 0 Å². The van der Waals surface area contributed by atoms with Crippen LogP contribution >= 0.6 is 0 Å². The summed E-state index contributed by atoms with van der Waals surface area (Å²) >= 11 is 0. The lowest BCUT2D eigenvalue weighted by atomic mass is 10.1. The highest BCUT2D eigenvalue weighted by Gasteiger charge is 2.15. The van der Waals surface area contributed by atoms with Crippen LogP contribution in [0.15, 0.2) is 18.2 Å². The fourth-order valence-electron chi connectivity index (χ4n) is 1.46. The number of nitro groups is 1. The smallest absolute Gasteiger partial charge is 0.305 e. The molecule has 94 valence electrons. The summed E-state index contributed by atoms with van der Waals surface area (Å²) < 4.78 is 0. The van der Waals surface area contributed by atoms with E-state index in [9.17, 15) is 14.9 Å². The molecule has 0 bridgehead atoms. The van der Waals surface area contributed by atoms with Gasteiger partial charge in [0.25, 0.3) is 5.69 Å². The summed E-state index contributed by atoms with van der Waals surface area (Å²) in [7, 11) is 0. The molecular formula is C11H11N3O4. The van der Waals surface area contributed by atoms with Gasteiger partial charge in [0.05, 0.1) is 11.3 Å². The lowest BCUT2D eigenvalue weighted by molar-refractivity contribution is -0.385. The Hall–Kier alpha value is -2.62. The molecule has 0 radical (unpaired) electrons. The van der Waals surface area contributed by atoms with Crippen LogP contribution in [0.5, 0.6) is 0 Å². The van der Waals surface area contributed by atoms with Gasteiger partial charge in [0.2, 0.25) is 0 Å². The van der Waals surface area contributed by atoms with Crippen LogP contribution in [0.4, 0.5) is 11.4 Å². The van der Waals surface area contributed by atoms with Crippen molar-refractivity contribution >= 4 is 17.3 Å². The summed E-state index contributed by atoms with van der Waals surface area (Å²) in [5, 5.41) is 30.9. The van der Waals surface area contributed by atoms with Crippen LogP contribution in [-0.4, -0.2) is 22.0 Å². The molecule has 0 heterocycles. The number of carbonyl (C=O) groups is 1. The van der Waals surface area contributed by atoms with Crippen molar-refractivity contribution in [3.8, 4) is 6.07 Å². The first-order valence-electron chi connectivity index (χ1n) is 5.11. The van der Waals surface area contributed by atoms with E-state index in [1.54, 1.807) is 13.0 Å². The summed E-state index contributed by atoms with van der Waals surface area (Å²) in [6.45, 7) is 1.65. The van der Waals surface area contributed by atoms with Crippen LogP contribution in [0.2, 0.25) is 0 Å². The van der Waals surface area contributed by atoms with E-state index in [0.29, 0.717) is 5.69 Å². The maximum Gasteiger partial charge on any atom is 0.305 e. The molecule has 0 saturated carbocycles. The Bertz CT molecular complexity index is 522. The van der Waals surface area contributed by atoms with Gasteiger partial charge in [-0.25, -0.2) is 0 Å². The minimum atomic E-state index is -0.960. The van der Waals surface area contributed by atoms with Crippen molar-refractivity contribution in [2.45, 2.75) is 19.4 Å². The number of anilines is 1. The Labute approximate surface area is 103 Å². The summed E-state index contributed by atoms with van der Waals surface area (Å²) in [6, 6.07) is 5.41. The monoisotopic (exact) mass is 249 g/mol. The molecule has 1 rings (SSSR count). The Morgan fingerprint density at radius 2 is 2.33 bits per heavy atom. The van der Waals surface area contributed by atoms with Crippen molar-refractivity contribution in [2.75, 3.05) is 5.32 Å². The van der Waals surface area contributed by atoms with Crippen molar-refractivity contribution in [1.29, 1.82) is 5.26 Å². The first-order valence-corrected chi connectivity index (χ1v) is 5.11. The molecule has 1 aromatic carbocycles. The number of nitro benzene ring substituents is 1. The van der Waals surface area contributed by atoms with Gasteiger partial charge in [-0.05, 0) is 19.1 Å². The number of hydrogen-bond acceptors (Lipinski definition) is 5. The molecule has 0 fully saturated rings. The van der Waals surface area contributed by atoms with Crippen LogP contribution in [0.25, 0.3) is 0 Å². The molecule has 0 spiro atoms. The average molecular weight is 249 g/mol. The highest BCUT2D eigenvalue weighted by molar-refractivity contribution is 5.68. The lowest BCUT2D eigenvalue weighted by Gasteiger charge is -2.12. The number of nitrogens with zero attached hydrogens (tertiary/aromatic N) is 2. The van der Waals surface area contributed by atoms with E-state index in [-0.39, 0.29) is 23.7 Å². The quantitative estimate of drug-likeness (QED) is 0.606. The second kappa shape index (κ2) is 5.63. The van der Waals surface area contributed by atoms with Crippen LogP contribution in [0, 0.1) is 21.4 Å². The number of carboxylic acids is 1. The van der Waals surface area contributed by atoms with Gasteiger partial charge in [0.1, 0.15) is 11.6 Å². The van der Waals surface area contributed by atoms with Crippen LogP contribution in [0.1, 0.15) is 18.9 Å². The number of aliphatic carboxylic acids is 1. The van der Waals surface area contributed by atoms with Gasteiger partial charge in [-0.3, -0.25) is 14.9 Å². The zero-order valence-electron chi connectivity index (χ0n) is 9.58. The number of benzene rings is 1. The van der Waals surface area contributed by atoms with E-state index in [0.717, 1.165) is 0 Å². The first-order chi connectivity index (χ1) is 8.43. The highest BCUT2D eigenvalue weighted by Crippen LogP contribution is 2.23. The molecule has 0 amide bonds. The fraction of sp³-hybridized carbons (Fsp3) is 0.273. The van der Waals surface area contributed by atoms with Crippen molar-refractivity contribution in [3.05, 3.63) is 33.9 Å². The predicted octanol–water partition coefficient (Wildman–Crippen LogP) is 1.74. The molecule has 1 unspecified atom stereocenters. The maximum absolute atomic E-state index is 10.7. The van der Waals surface area contributed by atoms with E-state index < -0.39 is 10.9 Å². The van der Waals surface area contributed by atoms with Crippen LogP contribution in [0.3, 0.4) is 0 Å². The number of rotatable bonds is 5. The standard InChI is InChI=1S/C11H11N3O4/c1-7(4-11(15)16)13-9-3-2-8(6-12)10(5-9)14(17)18/h2-3,5,7,13H,4H2,1H3,(H,15,16). The van der Waals surface area contributed by atoms with E-state index in [2.05, 4.69) is 5.32 Å². The first kappa shape index (κ1) is 13.4. The SMILES string of the molecule is CC(CC(=O)O)Nc1ccc(C#N)c([N+](=O)[O-])c1. The third kappa shape index (κ3) is 3.45. The molecule has 0 aliphatic carbocycles. The van der Waals surface area contributed by atoms with Gasteiger partial charge in [-0.15, -0.1) is 0 Å². The second-order valence-electron chi connectivity index (χ2n) is 3.74. The molecule has 0 saturated heterocycles. The minimum absolute atomic E-state index is 0.0311. The Balaban J connectivity index is 2.92. The maximum atomic E-state index is 10.7. The van der Waals surface area contributed by atoms with E-state index in [1.807, 2.05) is 0 Å². The van der Waals surface area contributed by atoms with Crippen LogP contribution in [-0.2, 0) is 4.79 Å². The molecule has 1 atom stereocenters. The molecule has 0 aromatic heterocycles. The molecule has 1 aromatic rings. The largest absolute Gasteiger partial charge is 0.481 e. The fourth-order valence-corrected chi connectivity index (χ4v) is 1.46. The lowest BCUT2D eigenvalue weighted by Crippen LogP contribution is -2.19. The van der Waals surface area contributed by atoms with Gasteiger partial charge in [-0.2, -0.15) is 5.26 Å². The van der Waals surface area contributed by atoms with E-state index in [1.165, 1.54) is 18.2 Å².